The summed E-state index contributed by atoms with van der Waals surface area (Å²) in [6.07, 6.45) is 1.43. The molecule has 0 amide bonds. The Bertz CT molecular complexity index is 478. The maximum absolute atomic E-state index is 11.7. The van der Waals surface area contributed by atoms with Gasteiger partial charge in [0.1, 0.15) is 0 Å². The second kappa shape index (κ2) is 6.68. The fraction of sp³-hybridized carbons (Fsp3) is 0.500. The molecule has 0 bridgehead atoms. The van der Waals surface area contributed by atoms with Gasteiger partial charge in [0, 0.05) is 17.3 Å². The Labute approximate surface area is 114 Å². The minimum Gasteiger partial charge on any atom is -0.381 e. The summed E-state index contributed by atoms with van der Waals surface area (Å²) in [5, 5.41) is 0.465. The van der Waals surface area contributed by atoms with Gasteiger partial charge >= 0.3 is 0 Å². The van der Waals surface area contributed by atoms with E-state index >= 15 is 0 Å². The molecule has 0 saturated heterocycles. The first-order chi connectivity index (χ1) is 7.94. The Morgan fingerprint density at radius 1 is 1.53 bits per heavy atom. The van der Waals surface area contributed by atoms with E-state index < -0.39 is 9.84 Å². The minimum absolute atomic E-state index is 0.00239. The molecule has 0 aliphatic rings. The molecule has 0 aromatic carbocycles. The van der Waals surface area contributed by atoms with E-state index in [1.807, 2.05) is 6.92 Å². The largest absolute Gasteiger partial charge is 0.381 e. The van der Waals surface area contributed by atoms with Crippen molar-refractivity contribution in [2.45, 2.75) is 12.7 Å². The molecule has 1 aromatic heterocycles. The number of ether oxygens (including phenoxy) is 1. The van der Waals surface area contributed by atoms with Gasteiger partial charge in [0.05, 0.1) is 28.8 Å². The molecule has 0 aliphatic heterocycles. The van der Waals surface area contributed by atoms with Gasteiger partial charge < -0.3 is 4.74 Å². The molecule has 1 aromatic rings. The van der Waals surface area contributed by atoms with E-state index in [0.29, 0.717) is 21.8 Å². The SMILES string of the molecule is CCOCCS(=O)(=O)Cc1ncc(Cl)cc1Br. The molecule has 4 nitrogen and oxygen atoms in total. The van der Waals surface area contributed by atoms with Crippen molar-refractivity contribution < 1.29 is 13.2 Å². The highest BCUT2D eigenvalue weighted by atomic mass is 79.9. The van der Waals surface area contributed by atoms with E-state index in [-0.39, 0.29) is 18.1 Å². The lowest BCUT2D eigenvalue weighted by atomic mass is 10.4. The van der Waals surface area contributed by atoms with Crippen molar-refractivity contribution in [2.24, 2.45) is 0 Å². The van der Waals surface area contributed by atoms with Crippen LogP contribution in [0, 0.1) is 0 Å². The summed E-state index contributed by atoms with van der Waals surface area (Å²) in [6, 6.07) is 1.63. The smallest absolute Gasteiger partial charge is 0.158 e. The number of hydrogen-bond donors (Lipinski definition) is 0. The van der Waals surface area contributed by atoms with Gasteiger partial charge in [-0.15, -0.1) is 0 Å². The van der Waals surface area contributed by atoms with E-state index in [2.05, 4.69) is 20.9 Å². The molecule has 1 heterocycles. The van der Waals surface area contributed by atoms with Crippen LogP contribution in [0.5, 0.6) is 0 Å². The second-order valence-electron chi connectivity index (χ2n) is 3.37. The van der Waals surface area contributed by atoms with Crippen LogP contribution in [0.1, 0.15) is 12.6 Å². The van der Waals surface area contributed by atoms with Crippen LogP contribution >= 0.6 is 27.5 Å². The molecule has 0 unspecified atom stereocenters. The highest BCUT2D eigenvalue weighted by Gasteiger charge is 2.15. The molecule has 1 rings (SSSR count). The van der Waals surface area contributed by atoms with E-state index in [1.165, 1.54) is 6.20 Å². The molecule has 0 atom stereocenters. The summed E-state index contributed by atoms with van der Waals surface area (Å²) in [7, 11) is -3.20. The molecule has 0 saturated carbocycles. The zero-order valence-electron chi connectivity index (χ0n) is 9.32. The number of rotatable bonds is 6. The highest BCUT2D eigenvalue weighted by molar-refractivity contribution is 9.10. The maximum atomic E-state index is 11.7. The number of pyridine rings is 1. The number of halogens is 2. The van der Waals surface area contributed by atoms with Gasteiger partial charge in [0.2, 0.25) is 0 Å². The Kier molecular flexibility index (Phi) is 5.85. The topological polar surface area (TPSA) is 56.3 Å². The highest BCUT2D eigenvalue weighted by Crippen LogP contribution is 2.20. The Morgan fingerprint density at radius 3 is 2.82 bits per heavy atom. The van der Waals surface area contributed by atoms with Crippen molar-refractivity contribution in [3.8, 4) is 0 Å². The van der Waals surface area contributed by atoms with Crippen molar-refractivity contribution in [3.63, 3.8) is 0 Å². The average molecular weight is 343 g/mol. The molecule has 0 aliphatic carbocycles. The molecule has 17 heavy (non-hydrogen) atoms. The van der Waals surface area contributed by atoms with E-state index in [9.17, 15) is 8.42 Å². The fourth-order valence-corrected chi connectivity index (χ4v) is 3.29. The van der Waals surface area contributed by atoms with Crippen molar-refractivity contribution >= 4 is 37.4 Å². The number of sulfone groups is 1. The summed E-state index contributed by atoms with van der Waals surface area (Å²) in [4.78, 5) is 3.99. The predicted molar refractivity (Wildman–Crippen MR) is 70.9 cm³/mol. The summed E-state index contributed by atoms with van der Waals surface area (Å²) in [6.45, 7) is 2.55. The number of hydrogen-bond acceptors (Lipinski definition) is 4. The van der Waals surface area contributed by atoms with Crippen LogP contribution in [-0.2, 0) is 20.3 Å². The van der Waals surface area contributed by atoms with Crippen molar-refractivity contribution in [2.75, 3.05) is 19.0 Å². The van der Waals surface area contributed by atoms with Crippen molar-refractivity contribution in [1.82, 2.24) is 4.98 Å². The quantitative estimate of drug-likeness (QED) is 0.745. The van der Waals surface area contributed by atoms with Gasteiger partial charge in [-0.05, 0) is 28.9 Å². The minimum atomic E-state index is -3.20. The van der Waals surface area contributed by atoms with Crippen LogP contribution in [0.4, 0.5) is 0 Å². The standard InChI is InChI=1S/C10H13BrClNO3S/c1-2-16-3-4-17(14,15)7-10-9(11)5-8(12)6-13-10/h5-6H,2-4,7H2,1H3. The van der Waals surface area contributed by atoms with Crippen LogP contribution < -0.4 is 0 Å². The summed E-state index contributed by atoms with van der Waals surface area (Å²) in [5.74, 6) is -0.116. The van der Waals surface area contributed by atoms with Gasteiger partial charge in [-0.1, -0.05) is 11.6 Å². The van der Waals surface area contributed by atoms with Gasteiger partial charge in [0.25, 0.3) is 0 Å². The van der Waals surface area contributed by atoms with Crippen LogP contribution in [0.25, 0.3) is 0 Å². The van der Waals surface area contributed by atoms with Crippen LogP contribution in [0.15, 0.2) is 16.7 Å². The summed E-state index contributed by atoms with van der Waals surface area (Å²) in [5.41, 5.74) is 0.464. The van der Waals surface area contributed by atoms with Crippen LogP contribution in [0.2, 0.25) is 5.02 Å². The molecule has 0 fully saturated rings. The number of nitrogens with zero attached hydrogens (tertiary/aromatic N) is 1. The molecule has 0 radical (unpaired) electrons. The lowest BCUT2D eigenvalue weighted by Gasteiger charge is -2.06. The molecular formula is C10H13BrClNO3S. The van der Waals surface area contributed by atoms with Crippen LogP contribution in [-0.4, -0.2) is 32.4 Å². The molecule has 96 valence electrons. The van der Waals surface area contributed by atoms with E-state index in [1.54, 1.807) is 6.07 Å². The predicted octanol–water partition coefficient (Wildman–Crippen LogP) is 2.45. The van der Waals surface area contributed by atoms with Crippen molar-refractivity contribution in [3.05, 3.63) is 27.5 Å². The summed E-state index contributed by atoms with van der Waals surface area (Å²) >= 11 is 8.97. The zero-order valence-corrected chi connectivity index (χ0v) is 12.5. The first-order valence-corrected chi connectivity index (χ1v) is 8.02. The molecular weight excluding hydrogens is 330 g/mol. The average Bonchev–Trinajstić information content (AvgIpc) is 2.22. The molecule has 0 spiro atoms. The Hall–Kier alpha value is -0.170. The fourth-order valence-electron chi connectivity index (χ4n) is 1.16. The first-order valence-electron chi connectivity index (χ1n) is 5.02. The van der Waals surface area contributed by atoms with E-state index in [4.69, 9.17) is 16.3 Å². The monoisotopic (exact) mass is 341 g/mol. The lowest BCUT2D eigenvalue weighted by molar-refractivity contribution is 0.163. The lowest BCUT2D eigenvalue weighted by Crippen LogP contribution is -2.15. The van der Waals surface area contributed by atoms with Crippen molar-refractivity contribution in [1.29, 1.82) is 0 Å². The van der Waals surface area contributed by atoms with Gasteiger partial charge in [-0.3, -0.25) is 4.98 Å². The normalized spacial score (nSPS) is 11.7. The van der Waals surface area contributed by atoms with Gasteiger partial charge in [-0.2, -0.15) is 0 Å². The first kappa shape index (κ1) is 14.9. The zero-order chi connectivity index (χ0) is 12.9. The third-order valence-corrected chi connectivity index (χ3v) is 4.38. The third kappa shape index (κ3) is 5.33. The van der Waals surface area contributed by atoms with Gasteiger partial charge in [0.15, 0.2) is 9.84 Å². The second-order valence-corrected chi connectivity index (χ2v) is 6.85. The summed E-state index contributed by atoms with van der Waals surface area (Å²) < 4.78 is 29.1. The maximum Gasteiger partial charge on any atom is 0.158 e. The Morgan fingerprint density at radius 2 is 2.24 bits per heavy atom. The van der Waals surface area contributed by atoms with E-state index in [0.717, 1.165) is 0 Å². The third-order valence-electron chi connectivity index (χ3n) is 1.98. The van der Waals surface area contributed by atoms with Crippen LogP contribution in [0.3, 0.4) is 0 Å². The molecule has 0 N–H and O–H groups in total. The Balaban J connectivity index is 2.69. The molecule has 7 heteroatoms. The van der Waals surface area contributed by atoms with Gasteiger partial charge in [-0.25, -0.2) is 8.42 Å². The number of aromatic nitrogens is 1.